The van der Waals surface area contributed by atoms with Crippen molar-refractivity contribution in [3.8, 4) is 0 Å². The highest BCUT2D eigenvalue weighted by Crippen LogP contribution is 2.34. The molecular formula is C12H13Cl3O2. The minimum absolute atomic E-state index is 0.0746. The van der Waals surface area contributed by atoms with Crippen LogP contribution in [-0.4, -0.2) is 15.7 Å². The number of rotatable bonds is 5. The summed E-state index contributed by atoms with van der Waals surface area (Å²) in [6.45, 7) is 1.75. The Hall–Kier alpha value is -0.280. The van der Waals surface area contributed by atoms with Gasteiger partial charge in [0.15, 0.2) is 0 Å². The van der Waals surface area contributed by atoms with E-state index in [1.807, 2.05) is 30.3 Å². The largest absolute Gasteiger partial charge is 0.369 e. The molecule has 1 atom stereocenters. The fourth-order valence-electron chi connectivity index (χ4n) is 1.30. The number of ketones is 1. The first-order valence-corrected chi connectivity index (χ1v) is 6.24. The molecule has 0 saturated heterocycles. The van der Waals surface area contributed by atoms with E-state index in [1.54, 1.807) is 0 Å². The average molecular weight is 296 g/mol. The maximum absolute atomic E-state index is 11.1. The number of ether oxygens (including phenoxy) is 1. The van der Waals surface area contributed by atoms with E-state index in [4.69, 9.17) is 39.5 Å². The van der Waals surface area contributed by atoms with Crippen molar-refractivity contribution in [2.24, 2.45) is 0 Å². The molecule has 0 fully saturated rings. The molecule has 0 aromatic heterocycles. The van der Waals surface area contributed by atoms with Crippen LogP contribution in [0.2, 0.25) is 0 Å². The SMILES string of the molecule is CC(=O)C[C@H](OCc1ccccc1)C(Cl)(Cl)Cl. The van der Waals surface area contributed by atoms with Gasteiger partial charge in [-0.05, 0) is 12.5 Å². The van der Waals surface area contributed by atoms with Gasteiger partial charge in [-0.1, -0.05) is 65.1 Å². The topological polar surface area (TPSA) is 26.3 Å². The molecule has 17 heavy (non-hydrogen) atoms. The molecule has 0 N–H and O–H groups in total. The van der Waals surface area contributed by atoms with Crippen molar-refractivity contribution in [2.45, 2.75) is 29.8 Å². The zero-order valence-corrected chi connectivity index (χ0v) is 11.6. The molecule has 0 bridgehead atoms. The van der Waals surface area contributed by atoms with Crippen LogP contribution in [-0.2, 0) is 16.1 Å². The van der Waals surface area contributed by atoms with Crippen LogP contribution in [0.3, 0.4) is 0 Å². The number of carbonyl (C=O) groups is 1. The van der Waals surface area contributed by atoms with Crippen molar-refractivity contribution in [2.75, 3.05) is 0 Å². The highest BCUT2D eigenvalue weighted by atomic mass is 35.6. The first-order chi connectivity index (χ1) is 7.89. The van der Waals surface area contributed by atoms with Crippen molar-refractivity contribution >= 4 is 40.6 Å². The highest BCUT2D eigenvalue weighted by Gasteiger charge is 2.34. The molecule has 0 aliphatic rings. The van der Waals surface area contributed by atoms with Crippen LogP contribution in [0.1, 0.15) is 18.9 Å². The van der Waals surface area contributed by atoms with Gasteiger partial charge >= 0.3 is 0 Å². The molecule has 1 aromatic carbocycles. The van der Waals surface area contributed by atoms with Gasteiger partial charge in [-0.2, -0.15) is 0 Å². The van der Waals surface area contributed by atoms with Gasteiger partial charge in [-0.3, -0.25) is 4.79 Å². The second-order valence-corrected chi connectivity index (χ2v) is 6.10. The Bertz CT molecular complexity index is 360. The fourth-order valence-corrected chi connectivity index (χ4v) is 1.72. The van der Waals surface area contributed by atoms with Crippen LogP contribution in [0.25, 0.3) is 0 Å². The zero-order valence-electron chi connectivity index (χ0n) is 9.33. The Morgan fingerprint density at radius 2 is 1.88 bits per heavy atom. The van der Waals surface area contributed by atoms with E-state index < -0.39 is 9.90 Å². The summed E-state index contributed by atoms with van der Waals surface area (Å²) < 4.78 is 3.89. The summed E-state index contributed by atoms with van der Waals surface area (Å²) in [5.74, 6) is -0.0746. The van der Waals surface area contributed by atoms with Crippen molar-refractivity contribution in [1.29, 1.82) is 0 Å². The van der Waals surface area contributed by atoms with Crippen molar-refractivity contribution in [3.63, 3.8) is 0 Å². The van der Waals surface area contributed by atoms with Gasteiger partial charge in [0.1, 0.15) is 11.9 Å². The Morgan fingerprint density at radius 1 is 1.29 bits per heavy atom. The lowest BCUT2D eigenvalue weighted by atomic mass is 10.2. The molecule has 5 heteroatoms. The number of Topliss-reactive ketones (excluding diaryl/α,β-unsaturated/α-hetero) is 1. The molecule has 1 rings (SSSR count). The van der Waals surface area contributed by atoms with Crippen LogP contribution in [0.5, 0.6) is 0 Å². The van der Waals surface area contributed by atoms with E-state index >= 15 is 0 Å². The van der Waals surface area contributed by atoms with Gasteiger partial charge in [-0.25, -0.2) is 0 Å². The summed E-state index contributed by atoms with van der Waals surface area (Å²) in [4.78, 5) is 11.1. The molecule has 94 valence electrons. The smallest absolute Gasteiger partial charge is 0.216 e. The maximum Gasteiger partial charge on any atom is 0.216 e. The van der Waals surface area contributed by atoms with Gasteiger partial charge in [0.25, 0.3) is 0 Å². The summed E-state index contributed by atoms with van der Waals surface area (Å²) in [5.41, 5.74) is 0.968. The van der Waals surface area contributed by atoms with Crippen molar-refractivity contribution in [1.82, 2.24) is 0 Å². The van der Waals surface area contributed by atoms with Gasteiger partial charge in [0.05, 0.1) is 6.61 Å². The van der Waals surface area contributed by atoms with Crippen molar-refractivity contribution < 1.29 is 9.53 Å². The first kappa shape index (κ1) is 14.8. The number of hydrogen-bond donors (Lipinski definition) is 0. The van der Waals surface area contributed by atoms with Gasteiger partial charge in [0.2, 0.25) is 3.79 Å². The Kier molecular flexibility index (Phi) is 5.74. The van der Waals surface area contributed by atoms with E-state index in [1.165, 1.54) is 6.92 Å². The number of benzene rings is 1. The molecular weight excluding hydrogens is 282 g/mol. The van der Waals surface area contributed by atoms with Crippen LogP contribution in [0.15, 0.2) is 30.3 Å². The Morgan fingerprint density at radius 3 is 2.35 bits per heavy atom. The number of carbonyl (C=O) groups excluding carboxylic acids is 1. The third-order valence-corrected chi connectivity index (χ3v) is 2.86. The normalized spacial score (nSPS) is 13.4. The van der Waals surface area contributed by atoms with Crippen molar-refractivity contribution in [3.05, 3.63) is 35.9 Å². The predicted octanol–water partition coefficient (Wildman–Crippen LogP) is 3.92. The monoisotopic (exact) mass is 294 g/mol. The van der Waals surface area contributed by atoms with Crippen LogP contribution in [0.4, 0.5) is 0 Å². The lowest BCUT2D eigenvalue weighted by Crippen LogP contribution is -2.30. The molecule has 1 aromatic rings. The molecule has 2 nitrogen and oxygen atoms in total. The number of halogens is 3. The molecule has 0 unspecified atom stereocenters. The van der Waals surface area contributed by atoms with Crippen LogP contribution < -0.4 is 0 Å². The maximum atomic E-state index is 11.1. The lowest BCUT2D eigenvalue weighted by Gasteiger charge is -2.23. The van der Waals surface area contributed by atoms with E-state index in [2.05, 4.69) is 0 Å². The van der Waals surface area contributed by atoms with E-state index in [9.17, 15) is 4.79 Å². The number of alkyl halides is 3. The molecule has 0 radical (unpaired) electrons. The standard InChI is InChI=1S/C12H13Cl3O2/c1-9(16)7-11(12(13,14)15)17-8-10-5-3-2-4-6-10/h2-6,11H,7-8H2,1H3/t11-/m0/s1. The molecule has 0 amide bonds. The Labute approximate surface area is 116 Å². The molecule has 0 aliphatic heterocycles. The lowest BCUT2D eigenvalue weighted by molar-refractivity contribution is -0.120. The fraction of sp³-hybridized carbons (Fsp3) is 0.417. The molecule has 0 aliphatic carbocycles. The first-order valence-electron chi connectivity index (χ1n) is 5.11. The molecule has 0 heterocycles. The molecule has 0 spiro atoms. The van der Waals surface area contributed by atoms with Gasteiger partial charge in [-0.15, -0.1) is 0 Å². The predicted molar refractivity (Wildman–Crippen MR) is 70.6 cm³/mol. The second-order valence-electron chi connectivity index (χ2n) is 3.73. The third-order valence-electron chi connectivity index (χ3n) is 2.13. The quantitative estimate of drug-likeness (QED) is 0.770. The summed E-state index contributed by atoms with van der Waals surface area (Å²) in [7, 11) is 0. The zero-order chi connectivity index (χ0) is 12.9. The summed E-state index contributed by atoms with van der Waals surface area (Å²) in [6.07, 6.45) is -0.645. The van der Waals surface area contributed by atoms with E-state index in [0.29, 0.717) is 6.61 Å². The summed E-state index contributed by atoms with van der Waals surface area (Å²) in [6, 6.07) is 9.51. The summed E-state index contributed by atoms with van der Waals surface area (Å²) in [5, 5.41) is 0. The Balaban J connectivity index is 2.59. The van der Waals surface area contributed by atoms with Gasteiger partial charge < -0.3 is 4.74 Å². The summed E-state index contributed by atoms with van der Waals surface area (Å²) >= 11 is 17.3. The minimum Gasteiger partial charge on any atom is -0.369 e. The van der Waals surface area contributed by atoms with Gasteiger partial charge in [0, 0.05) is 6.42 Å². The third kappa shape index (κ3) is 5.73. The van der Waals surface area contributed by atoms with E-state index in [0.717, 1.165) is 5.56 Å². The number of hydrogen-bond acceptors (Lipinski definition) is 2. The van der Waals surface area contributed by atoms with Crippen LogP contribution >= 0.6 is 34.8 Å². The van der Waals surface area contributed by atoms with E-state index in [-0.39, 0.29) is 12.2 Å². The second kappa shape index (κ2) is 6.60. The van der Waals surface area contributed by atoms with Crippen LogP contribution in [0, 0.1) is 0 Å². The minimum atomic E-state index is -1.60. The average Bonchev–Trinajstić information content (AvgIpc) is 2.23. The highest BCUT2D eigenvalue weighted by molar-refractivity contribution is 6.68. The molecule has 0 saturated carbocycles.